The summed E-state index contributed by atoms with van der Waals surface area (Å²) in [4.78, 5) is 8.18. The lowest BCUT2D eigenvalue weighted by Gasteiger charge is -2.08. The van der Waals surface area contributed by atoms with Crippen molar-refractivity contribution in [2.24, 2.45) is 5.73 Å². The van der Waals surface area contributed by atoms with Crippen LogP contribution in [0.2, 0.25) is 0 Å². The number of nitrogens with two attached hydrogens (primary N) is 1. The quantitative estimate of drug-likeness (QED) is 0.943. The number of hydrogen-bond acceptors (Lipinski definition) is 4. The average Bonchev–Trinajstić information content (AvgIpc) is 2.28. The van der Waals surface area contributed by atoms with E-state index in [0.717, 1.165) is 16.5 Å². The first kappa shape index (κ1) is 13.0. The van der Waals surface area contributed by atoms with Crippen LogP contribution in [0.3, 0.4) is 0 Å². The highest BCUT2D eigenvalue weighted by Crippen LogP contribution is 2.23. The van der Waals surface area contributed by atoms with E-state index < -0.39 is 0 Å². The maximum atomic E-state index is 5.76. The van der Waals surface area contributed by atoms with E-state index in [9.17, 15) is 0 Å². The largest absolute Gasteiger partial charge is 0.454 e. The summed E-state index contributed by atoms with van der Waals surface area (Å²) in [5.41, 5.74) is 6.82. The molecule has 0 amide bonds. The Labute approximate surface area is 114 Å². The van der Waals surface area contributed by atoms with Gasteiger partial charge in [0, 0.05) is 22.9 Å². The second-order valence-electron chi connectivity index (χ2n) is 4.15. The van der Waals surface area contributed by atoms with Gasteiger partial charge in [-0.25, -0.2) is 0 Å². The summed E-state index contributed by atoms with van der Waals surface area (Å²) in [6, 6.07) is 3.90. The first-order chi connectivity index (χ1) is 8.63. The molecule has 0 aromatic carbocycles. The third kappa shape index (κ3) is 3.78. The van der Waals surface area contributed by atoms with Crippen LogP contribution in [0.5, 0.6) is 11.5 Å². The van der Waals surface area contributed by atoms with Gasteiger partial charge in [0.15, 0.2) is 0 Å². The van der Waals surface area contributed by atoms with Crippen molar-refractivity contribution in [1.29, 1.82) is 0 Å². The van der Waals surface area contributed by atoms with Gasteiger partial charge in [0.25, 0.3) is 0 Å². The van der Waals surface area contributed by atoms with Gasteiger partial charge in [0.1, 0.15) is 11.5 Å². The lowest BCUT2D eigenvalue weighted by atomic mass is 10.1. The normalized spacial score (nSPS) is 12.2. The highest BCUT2D eigenvalue weighted by atomic mass is 79.9. The highest BCUT2D eigenvalue weighted by molar-refractivity contribution is 9.10. The summed E-state index contributed by atoms with van der Waals surface area (Å²) >= 11 is 3.35. The minimum absolute atomic E-state index is 0.106. The van der Waals surface area contributed by atoms with Crippen LogP contribution in [0.15, 0.2) is 41.4 Å². The van der Waals surface area contributed by atoms with E-state index in [0.29, 0.717) is 11.5 Å². The van der Waals surface area contributed by atoms with Gasteiger partial charge in [-0.05, 0) is 47.0 Å². The van der Waals surface area contributed by atoms with Crippen LogP contribution in [-0.2, 0) is 6.42 Å². The molecule has 2 aromatic heterocycles. The Morgan fingerprint density at radius 3 is 2.50 bits per heavy atom. The van der Waals surface area contributed by atoms with Crippen LogP contribution in [-0.4, -0.2) is 16.0 Å². The molecular formula is C13H14BrN3O. The number of hydrogen-bond donors (Lipinski definition) is 1. The fourth-order valence-electron chi connectivity index (χ4n) is 1.59. The van der Waals surface area contributed by atoms with E-state index in [4.69, 9.17) is 10.5 Å². The molecule has 0 bridgehead atoms. The molecule has 0 aliphatic heterocycles. The molecule has 2 rings (SSSR count). The fraction of sp³-hybridized carbons (Fsp3) is 0.231. The van der Waals surface area contributed by atoms with E-state index >= 15 is 0 Å². The number of aromatic nitrogens is 2. The van der Waals surface area contributed by atoms with Crippen LogP contribution < -0.4 is 10.5 Å². The summed E-state index contributed by atoms with van der Waals surface area (Å²) in [5.74, 6) is 1.36. The number of halogens is 1. The van der Waals surface area contributed by atoms with Crippen LogP contribution >= 0.6 is 15.9 Å². The van der Waals surface area contributed by atoms with Crippen molar-refractivity contribution >= 4 is 15.9 Å². The standard InChI is InChI=1S/C13H14BrN3O/c1-9(15)2-10-3-12(7-16-5-10)18-13-4-11(14)6-17-8-13/h3-9H,2,15H2,1H3. The predicted molar refractivity (Wildman–Crippen MR) is 73.6 cm³/mol. The van der Waals surface area contributed by atoms with E-state index in [-0.39, 0.29) is 6.04 Å². The van der Waals surface area contributed by atoms with Gasteiger partial charge in [-0.3, -0.25) is 9.97 Å². The summed E-state index contributed by atoms with van der Waals surface area (Å²) in [6.07, 6.45) is 7.61. The molecule has 0 radical (unpaired) electrons. The molecule has 1 atom stereocenters. The van der Waals surface area contributed by atoms with E-state index in [1.165, 1.54) is 0 Å². The molecule has 0 aliphatic carbocycles. The zero-order chi connectivity index (χ0) is 13.0. The van der Waals surface area contributed by atoms with Gasteiger partial charge in [-0.15, -0.1) is 0 Å². The Hall–Kier alpha value is -1.46. The molecule has 4 nitrogen and oxygen atoms in total. The molecule has 2 aromatic rings. The van der Waals surface area contributed by atoms with Crippen LogP contribution in [0.1, 0.15) is 12.5 Å². The fourth-order valence-corrected chi connectivity index (χ4v) is 1.93. The molecule has 18 heavy (non-hydrogen) atoms. The molecule has 0 spiro atoms. The summed E-state index contributed by atoms with van der Waals surface area (Å²) in [5, 5.41) is 0. The zero-order valence-corrected chi connectivity index (χ0v) is 11.6. The molecule has 1 unspecified atom stereocenters. The van der Waals surface area contributed by atoms with E-state index in [2.05, 4.69) is 25.9 Å². The summed E-state index contributed by atoms with van der Waals surface area (Å²) < 4.78 is 6.56. The van der Waals surface area contributed by atoms with Gasteiger partial charge in [0.2, 0.25) is 0 Å². The van der Waals surface area contributed by atoms with Crippen molar-refractivity contribution in [2.45, 2.75) is 19.4 Å². The second-order valence-corrected chi connectivity index (χ2v) is 5.07. The molecule has 2 N–H and O–H groups in total. The zero-order valence-electron chi connectivity index (χ0n) is 10.0. The van der Waals surface area contributed by atoms with Crippen molar-refractivity contribution in [3.8, 4) is 11.5 Å². The van der Waals surface area contributed by atoms with Gasteiger partial charge in [-0.1, -0.05) is 0 Å². The topological polar surface area (TPSA) is 61.0 Å². The number of ether oxygens (including phenoxy) is 1. The SMILES string of the molecule is CC(N)Cc1cncc(Oc2cncc(Br)c2)c1. The van der Waals surface area contributed by atoms with Crippen molar-refractivity contribution in [2.75, 3.05) is 0 Å². The molecule has 0 saturated carbocycles. The van der Waals surface area contributed by atoms with Gasteiger partial charge >= 0.3 is 0 Å². The van der Waals surface area contributed by atoms with Gasteiger partial charge < -0.3 is 10.5 Å². The maximum Gasteiger partial charge on any atom is 0.146 e. The van der Waals surface area contributed by atoms with E-state index in [1.807, 2.05) is 19.1 Å². The van der Waals surface area contributed by atoms with Crippen molar-refractivity contribution in [3.05, 3.63) is 47.0 Å². The van der Waals surface area contributed by atoms with Crippen molar-refractivity contribution in [1.82, 2.24) is 9.97 Å². The molecule has 94 valence electrons. The van der Waals surface area contributed by atoms with Crippen molar-refractivity contribution < 1.29 is 4.74 Å². The maximum absolute atomic E-state index is 5.76. The molecule has 0 fully saturated rings. The van der Waals surface area contributed by atoms with Gasteiger partial charge in [0.05, 0.1) is 12.4 Å². The first-order valence-corrected chi connectivity index (χ1v) is 6.40. The second kappa shape index (κ2) is 5.93. The summed E-state index contributed by atoms with van der Waals surface area (Å²) in [7, 11) is 0. The highest BCUT2D eigenvalue weighted by Gasteiger charge is 2.03. The van der Waals surface area contributed by atoms with E-state index in [1.54, 1.807) is 24.8 Å². The number of nitrogens with zero attached hydrogens (tertiary/aromatic N) is 2. The third-order valence-electron chi connectivity index (χ3n) is 2.24. The molecule has 0 aliphatic rings. The predicted octanol–water partition coefficient (Wildman–Crippen LogP) is 2.92. The first-order valence-electron chi connectivity index (χ1n) is 5.61. The summed E-state index contributed by atoms with van der Waals surface area (Å²) in [6.45, 7) is 1.96. The lowest BCUT2D eigenvalue weighted by molar-refractivity contribution is 0.476. The minimum Gasteiger partial charge on any atom is -0.454 e. The Morgan fingerprint density at radius 1 is 1.17 bits per heavy atom. The Morgan fingerprint density at radius 2 is 1.83 bits per heavy atom. The lowest BCUT2D eigenvalue weighted by Crippen LogP contribution is -2.17. The van der Waals surface area contributed by atoms with Crippen molar-refractivity contribution in [3.63, 3.8) is 0 Å². The smallest absolute Gasteiger partial charge is 0.146 e. The third-order valence-corrected chi connectivity index (χ3v) is 2.68. The Bertz CT molecular complexity index is 531. The number of rotatable bonds is 4. The van der Waals surface area contributed by atoms with Gasteiger partial charge in [-0.2, -0.15) is 0 Å². The minimum atomic E-state index is 0.106. The molecular weight excluding hydrogens is 294 g/mol. The monoisotopic (exact) mass is 307 g/mol. The van der Waals surface area contributed by atoms with Crippen LogP contribution in [0, 0.1) is 0 Å². The molecule has 5 heteroatoms. The molecule has 0 saturated heterocycles. The number of pyridine rings is 2. The average molecular weight is 308 g/mol. The van der Waals surface area contributed by atoms with Crippen LogP contribution in [0.25, 0.3) is 0 Å². The Balaban J connectivity index is 2.14. The molecule has 2 heterocycles. The Kier molecular flexibility index (Phi) is 4.28. The van der Waals surface area contributed by atoms with Crippen LogP contribution in [0.4, 0.5) is 0 Å².